The average molecular weight is 294 g/mol. The average Bonchev–Trinajstić information content (AvgIpc) is 3.28. The summed E-state index contributed by atoms with van der Waals surface area (Å²) in [5, 5.41) is 1.24. The lowest BCUT2D eigenvalue weighted by Gasteiger charge is -2.20. The summed E-state index contributed by atoms with van der Waals surface area (Å²) in [6.45, 7) is 2.00. The highest BCUT2D eigenvalue weighted by atomic mass is 32.1. The molecule has 3 heteroatoms. The second-order valence-electron chi connectivity index (χ2n) is 5.70. The highest BCUT2D eigenvalue weighted by Crippen LogP contribution is 2.31. The van der Waals surface area contributed by atoms with Gasteiger partial charge in [-0.1, -0.05) is 42.5 Å². The van der Waals surface area contributed by atoms with Crippen LogP contribution in [0, 0.1) is 0 Å². The molecule has 21 heavy (non-hydrogen) atoms. The lowest BCUT2D eigenvalue weighted by molar-refractivity contribution is 0.245. The summed E-state index contributed by atoms with van der Waals surface area (Å²) in [6, 6.07) is 19.9. The Morgan fingerprint density at radius 1 is 0.952 bits per heavy atom. The maximum Gasteiger partial charge on any atom is 0.108 e. The van der Waals surface area contributed by atoms with Gasteiger partial charge in [-0.3, -0.25) is 4.90 Å². The van der Waals surface area contributed by atoms with Crippen LogP contribution in [-0.4, -0.2) is 15.9 Å². The summed E-state index contributed by atoms with van der Waals surface area (Å²) in [6.07, 6.45) is 2.66. The number of benzene rings is 2. The van der Waals surface area contributed by atoms with Crippen molar-refractivity contribution >= 4 is 21.6 Å². The SMILES string of the molecule is c1ccc(CN(Cc2nc3ccccc3s2)C2CC2)cc1. The molecule has 1 fully saturated rings. The van der Waals surface area contributed by atoms with Crippen LogP contribution in [0.4, 0.5) is 0 Å². The lowest BCUT2D eigenvalue weighted by Crippen LogP contribution is -2.24. The summed E-state index contributed by atoms with van der Waals surface area (Å²) >= 11 is 1.83. The largest absolute Gasteiger partial charge is 0.289 e. The molecule has 0 unspecified atom stereocenters. The van der Waals surface area contributed by atoms with Crippen molar-refractivity contribution in [3.63, 3.8) is 0 Å². The van der Waals surface area contributed by atoms with Gasteiger partial charge < -0.3 is 0 Å². The van der Waals surface area contributed by atoms with Crippen molar-refractivity contribution in [1.82, 2.24) is 9.88 Å². The van der Waals surface area contributed by atoms with E-state index in [1.165, 1.54) is 28.1 Å². The minimum Gasteiger partial charge on any atom is -0.289 e. The van der Waals surface area contributed by atoms with E-state index in [1.54, 1.807) is 0 Å². The van der Waals surface area contributed by atoms with Crippen molar-refractivity contribution in [1.29, 1.82) is 0 Å². The van der Waals surface area contributed by atoms with Crippen LogP contribution in [-0.2, 0) is 13.1 Å². The molecule has 0 aliphatic heterocycles. The molecule has 2 nitrogen and oxygen atoms in total. The molecule has 0 atom stereocenters. The van der Waals surface area contributed by atoms with E-state index in [1.807, 2.05) is 11.3 Å². The van der Waals surface area contributed by atoms with E-state index in [-0.39, 0.29) is 0 Å². The molecule has 0 N–H and O–H groups in total. The van der Waals surface area contributed by atoms with Crippen LogP contribution in [0.15, 0.2) is 54.6 Å². The summed E-state index contributed by atoms with van der Waals surface area (Å²) in [5.74, 6) is 0. The zero-order valence-electron chi connectivity index (χ0n) is 11.9. The number of rotatable bonds is 5. The monoisotopic (exact) mass is 294 g/mol. The van der Waals surface area contributed by atoms with E-state index in [2.05, 4.69) is 59.5 Å². The van der Waals surface area contributed by atoms with Gasteiger partial charge in [0.1, 0.15) is 5.01 Å². The zero-order chi connectivity index (χ0) is 14.1. The van der Waals surface area contributed by atoms with Crippen LogP contribution in [0.25, 0.3) is 10.2 Å². The quantitative estimate of drug-likeness (QED) is 0.690. The molecule has 0 saturated heterocycles. The molecule has 0 radical (unpaired) electrons. The maximum atomic E-state index is 4.78. The van der Waals surface area contributed by atoms with E-state index < -0.39 is 0 Å². The first-order valence-corrected chi connectivity index (χ1v) is 8.32. The molecule has 1 aliphatic carbocycles. The molecule has 1 heterocycles. The Hall–Kier alpha value is -1.71. The summed E-state index contributed by atoms with van der Waals surface area (Å²) in [5.41, 5.74) is 2.53. The van der Waals surface area contributed by atoms with Crippen molar-refractivity contribution < 1.29 is 0 Å². The summed E-state index contributed by atoms with van der Waals surface area (Å²) < 4.78 is 1.29. The summed E-state index contributed by atoms with van der Waals surface area (Å²) in [7, 11) is 0. The topological polar surface area (TPSA) is 16.1 Å². The minimum absolute atomic E-state index is 0.747. The van der Waals surface area contributed by atoms with E-state index in [0.29, 0.717) is 0 Å². The third-order valence-corrected chi connectivity index (χ3v) is 4.99. The molecule has 0 amide bonds. The maximum absolute atomic E-state index is 4.78. The molecule has 0 spiro atoms. The number of thiazole rings is 1. The van der Waals surface area contributed by atoms with Gasteiger partial charge in [0.25, 0.3) is 0 Å². The van der Waals surface area contributed by atoms with Gasteiger partial charge in [-0.15, -0.1) is 11.3 Å². The van der Waals surface area contributed by atoms with Crippen LogP contribution in [0.3, 0.4) is 0 Å². The van der Waals surface area contributed by atoms with Crippen molar-refractivity contribution in [2.75, 3.05) is 0 Å². The van der Waals surface area contributed by atoms with Crippen molar-refractivity contribution in [2.24, 2.45) is 0 Å². The van der Waals surface area contributed by atoms with Gasteiger partial charge in [0.2, 0.25) is 0 Å². The van der Waals surface area contributed by atoms with Crippen molar-refractivity contribution in [2.45, 2.75) is 32.0 Å². The van der Waals surface area contributed by atoms with Gasteiger partial charge >= 0.3 is 0 Å². The van der Waals surface area contributed by atoms with Crippen molar-refractivity contribution in [3.8, 4) is 0 Å². The van der Waals surface area contributed by atoms with E-state index >= 15 is 0 Å². The smallest absolute Gasteiger partial charge is 0.108 e. The Kier molecular flexibility index (Phi) is 3.45. The zero-order valence-corrected chi connectivity index (χ0v) is 12.7. The van der Waals surface area contributed by atoms with E-state index in [9.17, 15) is 0 Å². The van der Waals surface area contributed by atoms with Crippen LogP contribution < -0.4 is 0 Å². The van der Waals surface area contributed by atoms with Crippen molar-refractivity contribution in [3.05, 3.63) is 65.2 Å². The first kappa shape index (κ1) is 13.0. The Labute approximate surface area is 129 Å². The van der Waals surface area contributed by atoms with E-state index in [0.717, 1.165) is 24.6 Å². The minimum atomic E-state index is 0.747. The van der Waals surface area contributed by atoms with Crippen LogP contribution in [0.1, 0.15) is 23.4 Å². The van der Waals surface area contributed by atoms with Crippen LogP contribution >= 0.6 is 11.3 Å². The van der Waals surface area contributed by atoms with Gasteiger partial charge in [0.15, 0.2) is 0 Å². The number of hydrogen-bond donors (Lipinski definition) is 0. The van der Waals surface area contributed by atoms with Gasteiger partial charge in [-0.2, -0.15) is 0 Å². The molecule has 106 valence electrons. The number of para-hydroxylation sites is 1. The second-order valence-corrected chi connectivity index (χ2v) is 6.81. The number of fused-ring (bicyclic) bond motifs is 1. The number of nitrogens with zero attached hydrogens (tertiary/aromatic N) is 2. The molecular formula is C18H18N2S. The molecule has 1 saturated carbocycles. The fourth-order valence-corrected chi connectivity index (χ4v) is 3.73. The molecule has 1 aromatic heterocycles. The van der Waals surface area contributed by atoms with Crippen LogP contribution in [0.2, 0.25) is 0 Å². The Morgan fingerprint density at radius 2 is 1.71 bits per heavy atom. The molecular weight excluding hydrogens is 276 g/mol. The predicted molar refractivity (Wildman–Crippen MR) is 88.3 cm³/mol. The van der Waals surface area contributed by atoms with Gasteiger partial charge in [0.05, 0.1) is 16.8 Å². The third-order valence-electron chi connectivity index (χ3n) is 3.97. The standard InChI is InChI=1S/C18H18N2S/c1-2-6-14(7-3-1)12-20(15-10-11-15)13-18-19-16-8-4-5-9-17(16)21-18/h1-9,15H,10-13H2. The normalized spacial score (nSPS) is 14.9. The fourth-order valence-electron chi connectivity index (χ4n) is 2.73. The van der Waals surface area contributed by atoms with Crippen LogP contribution in [0.5, 0.6) is 0 Å². The van der Waals surface area contributed by atoms with E-state index in [4.69, 9.17) is 4.98 Å². The summed E-state index contributed by atoms with van der Waals surface area (Å²) in [4.78, 5) is 7.36. The molecule has 2 aromatic carbocycles. The molecule has 4 rings (SSSR count). The van der Waals surface area contributed by atoms with Gasteiger partial charge in [-0.05, 0) is 30.5 Å². The van der Waals surface area contributed by atoms with Gasteiger partial charge in [-0.25, -0.2) is 4.98 Å². The third kappa shape index (κ3) is 2.99. The fraction of sp³-hybridized carbons (Fsp3) is 0.278. The Balaban J connectivity index is 1.54. The number of aromatic nitrogens is 1. The molecule has 1 aliphatic rings. The first-order valence-electron chi connectivity index (χ1n) is 7.51. The Bertz CT molecular complexity index is 698. The molecule has 3 aromatic rings. The highest BCUT2D eigenvalue weighted by Gasteiger charge is 2.29. The molecule has 0 bridgehead atoms. The predicted octanol–water partition coefficient (Wildman–Crippen LogP) is 4.46. The second kappa shape index (κ2) is 5.58. The number of hydrogen-bond acceptors (Lipinski definition) is 3. The van der Waals surface area contributed by atoms with Gasteiger partial charge in [0, 0.05) is 12.6 Å². The first-order chi connectivity index (χ1) is 10.4. The lowest BCUT2D eigenvalue weighted by atomic mass is 10.2. The highest BCUT2D eigenvalue weighted by molar-refractivity contribution is 7.18. The Morgan fingerprint density at radius 3 is 2.48 bits per heavy atom.